The third-order valence-electron chi connectivity index (χ3n) is 2.58. The van der Waals surface area contributed by atoms with Gasteiger partial charge in [0, 0.05) is 6.54 Å². The number of para-hydroxylation sites is 1. The SMILES string of the molecule is NCCCCn1cnc2ccccc2c1=O. The average Bonchev–Trinajstić information content (AvgIpc) is 2.33. The summed E-state index contributed by atoms with van der Waals surface area (Å²) in [6, 6.07) is 7.40. The largest absolute Gasteiger partial charge is 0.330 e. The second kappa shape index (κ2) is 4.90. The van der Waals surface area contributed by atoms with Crippen molar-refractivity contribution in [1.82, 2.24) is 9.55 Å². The Morgan fingerprint density at radius 3 is 2.88 bits per heavy atom. The number of fused-ring (bicyclic) bond motifs is 1. The third kappa shape index (κ3) is 2.12. The standard InChI is InChI=1S/C12H15N3O/c13-7-3-4-8-15-9-14-11-6-2-1-5-10(11)12(15)16/h1-2,5-6,9H,3-4,7-8,13H2. The van der Waals surface area contributed by atoms with E-state index in [1.54, 1.807) is 10.9 Å². The lowest BCUT2D eigenvalue weighted by Gasteiger charge is -2.05. The predicted octanol–water partition coefficient (Wildman–Crippen LogP) is 1.14. The molecule has 0 saturated carbocycles. The Labute approximate surface area is 93.7 Å². The molecule has 1 heterocycles. The number of hydrogen-bond donors (Lipinski definition) is 1. The molecule has 0 aliphatic rings. The molecule has 4 nitrogen and oxygen atoms in total. The van der Waals surface area contributed by atoms with Gasteiger partial charge in [-0.3, -0.25) is 9.36 Å². The van der Waals surface area contributed by atoms with Gasteiger partial charge in [0.25, 0.3) is 5.56 Å². The van der Waals surface area contributed by atoms with Gasteiger partial charge in [-0.05, 0) is 31.5 Å². The summed E-state index contributed by atoms with van der Waals surface area (Å²) in [5, 5.41) is 0.678. The quantitative estimate of drug-likeness (QED) is 0.781. The summed E-state index contributed by atoms with van der Waals surface area (Å²) in [6.45, 7) is 1.35. The van der Waals surface area contributed by atoms with E-state index < -0.39 is 0 Å². The Morgan fingerprint density at radius 2 is 2.06 bits per heavy atom. The molecule has 0 aliphatic carbocycles. The summed E-state index contributed by atoms with van der Waals surface area (Å²) in [5.74, 6) is 0. The highest BCUT2D eigenvalue weighted by Gasteiger charge is 2.02. The van der Waals surface area contributed by atoms with E-state index in [9.17, 15) is 4.79 Å². The molecular weight excluding hydrogens is 202 g/mol. The molecule has 2 aromatic rings. The maximum Gasteiger partial charge on any atom is 0.261 e. The fourth-order valence-electron chi connectivity index (χ4n) is 1.69. The monoisotopic (exact) mass is 217 g/mol. The van der Waals surface area contributed by atoms with Crippen LogP contribution in [0.4, 0.5) is 0 Å². The summed E-state index contributed by atoms with van der Waals surface area (Å²) < 4.78 is 1.65. The van der Waals surface area contributed by atoms with Crippen molar-refractivity contribution < 1.29 is 0 Å². The van der Waals surface area contributed by atoms with Crippen molar-refractivity contribution in [2.75, 3.05) is 6.54 Å². The lowest BCUT2D eigenvalue weighted by atomic mass is 10.2. The van der Waals surface area contributed by atoms with Crippen LogP contribution in [0.2, 0.25) is 0 Å². The Morgan fingerprint density at radius 1 is 1.25 bits per heavy atom. The van der Waals surface area contributed by atoms with Crippen LogP contribution < -0.4 is 11.3 Å². The van der Waals surface area contributed by atoms with Gasteiger partial charge in [0.1, 0.15) is 0 Å². The van der Waals surface area contributed by atoms with Crippen LogP contribution >= 0.6 is 0 Å². The normalized spacial score (nSPS) is 10.8. The van der Waals surface area contributed by atoms with Gasteiger partial charge in [-0.1, -0.05) is 12.1 Å². The highest BCUT2D eigenvalue weighted by Crippen LogP contribution is 2.04. The lowest BCUT2D eigenvalue weighted by molar-refractivity contribution is 0.594. The molecule has 1 aromatic heterocycles. The number of nitrogens with two attached hydrogens (primary N) is 1. The van der Waals surface area contributed by atoms with Crippen LogP contribution in [0, 0.1) is 0 Å². The first kappa shape index (κ1) is 10.8. The van der Waals surface area contributed by atoms with E-state index in [1.165, 1.54) is 0 Å². The minimum absolute atomic E-state index is 0.0302. The molecule has 0 radical (unpaired) electrons. The minimum Gasteiger partial charge on any atom is -0.330 e. The molecule has 0 atom stereocenters. The lowest BCUT2D eigenvalue weighted by Crippen LogP contribution is -2.21. The second-order valence-corrected chi connectivity index (χ2v) is 3.76. The molecular formula is C12H15N3O. The first-order chi connectivity index (χ1) is 7.83. The van der Waals surface area contributed by atoms with Crippen molar-refractivity contribution in [2.45, 2.75) is 19.4 Å². The number of hydrogen-bond acceptors (Lipinski definition) is 3. The van der Waals surface area contributed by atoms with E-state index in [-0.39, 0.29) is 5.56 Å². The molecule has 0 bridgehead atoms. The van der Waals surface area contributed by atoms with Gasteiger partial charge in [0.05, 0.1) is 17.2 Å². The first-order valence-corrected chi connectivity index (χ1v) is 5.47. The third-order valence-corrected chi connectivity index (χ3v) is 2.58. The summed E-state index contributed by atoms with van der Waals surface area (Å²) in [6.07, 6.45) is 3.46. The van der Waals surface area contributed by atoms with Gasteiger partial charge in [-0.15, -0.1) is 0 Å². The van der Waals surface area contributed by atoms with Gasteiger partial charge in [-0.2, -0.15) is 0 Å². The Hall–Kier alpha value is -1.68. The summed E-state index contributed by atoms with van der Waals surface area (Å²) in [4.78, 5) is 16.3. The van der Waals surface area contributed by atoms with Gasteiger partial charge in [-0.25, -0.2) is 4.98 Å². The fraction of sp³-hybridized carbons (Fsp3) is 0.333. The fourth-order valence-corrected chi connectivity index (χ4v) is 1.69. The van der Waals surface area contributed by atoms with Gasteiger partial charge in [0.15, 0.2) is 0 Å². The van der Waals surface area contributed by atoms with E-state index in [4.69, 9.17) is 5.73 Å². The minimum atomic E-state index is 0.0302. The summed E-state index contributed by atoms with van der Waals surface area (Å²) in [7, 11) is 0. The van der Waals surface area contributed by atoms with E-state index in [0.29, 0.717) is 18.5 Å². The van der Waals surface area contributed by atoms with Gasteiger partial charge in [0.2, 0.25) is 0 Å². The summed E-state index contributed by atoms with van der Waals surface area (Å²) in [5.41, 5.74) is 6.20. The molecule has 1 aromatic carbocycles. The van der Waals surface area contributed by atoms with Crippen LogP contribution in [0.1, 0.15) is 12.8 Å². The smallest absolute Gasteiger partial charge is 0.261 e. The second-order valence-electron chi connectivity index (χ2n) is 3.76. The number of benzene rings is 1. The highest BCUT2D eigenvalue weighted by molar-refractivity contribution is 5.76. The van der Waals surface area contributed by atoms with Gasteiger partial charge >= 0.3 is 0 Å². The van der Waals surface area contributed by atoms with Crippen molar-refractivity contribution in [3.63, 3.8) is 0 Å². The Kier molecular flexibility index (Phi) is 3.31. The molecule has 2 N–H and O–H groups in total. The summed E-state index contributed by atoms with van der Waals surface area (Å²) >= 11 is 0. The van der Waals surface area contributed by atoms with Crippen molar-refractivity contribution in [1.29, 1.82) is 0 Å². The molecule has 84 valence electrons. The molecule has 0 saturated heterocycles. The predicted molar refractivity (Wildman–Crippen MR) is 64.3 cm³/mol. The van der Waals surface area contributed by atoms with Crippen LogP contribution in [0.25, 0.3) is 10.9 Å². The number of aromatic nitrogens is 2. The van der Waals surface area contributed by atoms with E-state index in [1.807, 2.05) is 24.3 Å². The number of nitrogens with zero attached hydrogens (tertiary/aromatic N) is 2. The Balaban J connectivity index is 2.33. The number of rotatable bonds is 4. The van der Waals surface area contributed by atoms with Crippen LogP contribution in [0.3, 0.4) is 0 Å². The van der Waals surface area contributed by atoms with Crippen LogP contribution in [-0.2, 0) is 6.54 Å². The zero-order valence-corrected chi connectivity index (χ0v) is 9.10. The van der Waals surface area contributed by atoms with Crippen molar-refractivity contribution in [3.05, 3.63) is 40.9 Å². The van der Waals surface area contributed by atoms with Crippen LogP contribution in [-0.4, -0.2) is 16.1 Å². The first-order valence-electron chi connectivity index (χ1n) is 5.47. The molecule has 16 heavy (non-hydrogen) atoms. The van der Waals surface area contributed by atoms with E-state index >= 15 is 0 Å². The molecule has 0 fully saturated rings. The Bertz CT molecular complexity index is 533. The average molecular weight is 217 g/mol. The van der Waals surface area contributed by atoms with Gasteiger partial charge < -0.3 is 5.73 Å². The molecule has 0 aliphatic heterocycles. The number of aryl methyl sites for hydroxylation is 1. The van der Waals surface area contributed by atoms with Crippen molar-refractivity contribution >= 4 is 10.9 Å². The van der Waals surface area contributed by atoms with Crippen LogP contribution in [0.5, 0.6) is 0 Å². The molecule has 0 spiro atoms. The maximum atomic E-state index is 12.0. The van der Waals surface area contributed by atoms with Crippen LogP contribution in [0.15, 0.2) is 35.4 Å². The molecule has 4 heteroatoms. The zero-order chi connectivity index (χ0) is 11.4. The topological polar surface area (TPSA) is 60.9 Å². The van der Waals surface area contributed by atoms with E-state index in [0.717, 1.165) is 18.4 Å². The zero-order valence-electron chi connectivity index (χ0n) is 9.10. The molecule has 0 amide bonds. The number of unbranched alkanes of at least 4 members (excludes halogenated alkanes) is 1. The molecule has 0 unspecified atom stereocenters. The molecule has 2 rings (SSSR count). The highest BCUT2D eigenvalue weighted by atomic mass is 16.1. The van der Waals surface area contributed by atoms with E-state index in [2.05, 4.69) is 4.98 Å². The van der Waals surface area contributed by atoms with Crippen molar-refractivity contribution in [2.24, 2.45) is 5.73 Å². The maximum absolute atomic E-state index is 12.0. The van der Waals surface area contributed by atoms with Crippen molar-refractivity contribution in [3.8, 4) is 0 Å².